The molecule has 4 aliphatic rings. The van der Waals surface area contributed by atoms with E-state index in [0.29, 0.717) is 5.95 Å². The molecule has 5 rings (SSSR count). The molecule has 0 radical (unpaired) electrons. The van der Waals surface area contributed by atoms with Crippen molar-refractivity contribution >= 4 is 5.95 Å². The van der Waals surface area contributed by atoms with E-state index in [1.54, 1.807) is 0 Å². The standard InChI is InChI=1S/C14H23N5/c1-13(16,11-17-12(15)19-18-11)14-5-8-2-9(6-14)4-10(3-8)7-14/h8-10H,2-7,16H2,1H3,(H3,15,17,18,19). The van der Waals surface area contributed by atoms with Crippen LogP contribution in [0.25, 0.3) is 0 Å². The van der Waals surface area contributed by atoms with E-state index in [2.05, 4.69) is 22.1 Å². The van der Waals surface area contributed by atoms with Crippen LogP contribution in [0.1, 0.15) is 51.3 Å². The van der Waals surface area contributed by atoms with E-state index in [1.807, 2.05) is 0 Å². The molecular weight excluding hydrogens is 238 g/mol. The van der Waals surface area contributed by atoms with E-state index in [1.165, 1.54) is 38.5 Å². The minimum atomic E-state index is -0.437. The van der Waals surface area contributed by atoms with Gasteiger partial charge in [0.1, 0.15) is 5.82 Å². The lowest BCUT2D eigenvalue weighted by Gasteiger charge is -2.61. The zero-order chi connectivity index (χ0) is 13.3. The summed E-state index contributed by atoms with van der Waals surface area (Å²) in [7, 11) is 0. The molecule has 4 fully saturated rings. The van der Waals surface area contributed by atoms with Gasteiger partial charge in [-0.15, -0.1) is 5.10 Å². The van der Waals surface area contributed by atoms with Crippen molar-refractivity contribution < 1.29 is 0 Å². The minimum Gasteiger partial charge on any atom is -0.367 e. The van der Waals surface area contributed by atoms with E-state index in [0.717, 1.165) is 23.6 Å². The zero-order valence-corrected chi connectivity index (χ0v) is 11.5. The molecule has 1 unspecified atom stereocenters. The second kappa shape index (κ2) is 3.51. The normalized spacial score (nSPS) is 43.4. The van der Waals surface area contributed by atoms with Crippen molar-refractivity contribution in [1.29, 1.82) is 0 Å². The van der Waals surface area contributed by atoms with Crippen LogP contribution in [0.3, 0.4) is 0 Å². The summed E-state index contributed by atoms with van der Waals surface area (Å²) in [6.45, 7) is 2.13. The van der Waals surface area contributed by atoms with E-state index < -0.39 is 5.54 Å². The van der Waals surface area contributed by atoms with Crippen LogP contribution in [-0.4, -0.2) is 15.2 Å². The fourth-order valence-corrected chi connectivity index (χ4v) is 5.50. The molecule has 4 saturated carbocycles. The van der Waals surface area contributed by atoms with Gasteiger partial charge in [-0.1, -0.05) is 0 Å². The molecule has 1 atom stereocenters. The fraction of sp³-hybridized carbons (Fsp3) is 0.857. The molecule has 0 spiro atoms. The van der Waals surface area contributed by atoms with Crippen LogP contribution in [0.2, 0.25) is 0 Å². The Balaban J connectivity index is 1.74. The first-order valence-electron chi connectivity index (χ1n) is 7.46. The van der Waals surface area contributed by atoms with Gasteiger partial charge in [-0.25, -0.2) is 0 Å². The molecule has 104 valence electrons. The molecule has 1 heterocycles. The van der Waals surface area contributed by atoms with Gasteiger partial charge < -0.3 is 11.5 Å². The highest BCUT2D eigenvalue weighted by atomic mass is 15.3. The Hall–Kier alpha value is -1.10. The van der Waals surface area contributed by atoms with Crippen molar-refractivity contribution in [2.45, 2.75) is 51.0 Å². The average Bonchev–Trinajstić information content (AvgIpc) is 2.74. The van der Waals surface area contributed by atoms with Crippen molar-refractivity contribution in [2.75, 3.05) is 5.73 Å². The Bertz CT molecular complexity index is 468. The Morgan fingerprint density at radius 1 is 1.16 bits per heavy atom. The maximum atomic E-state index is 6.76. The van der Waals surface area contributed by atoms with Crippen LogP contribution in [0, 0.1) is 23.2 Å². The molecule has 4 aliphatic carbocycles. The number of anilines is 1. The summed E-state index contributed by atoms with van der Waals surface area (Å²) in [5.41, 5.74) is 12.2. The Kier molecular flexibility index (Phi) is 2.16. The molecule has 0 aromatic carbocycles. The molecule has 5 N–H and O–H groups in total. The average molecular weight is 261 g/mol. The number of rotatable bonds is 2. The van der Waals surface area contributed by atoms with Gasteiger partial charge in [-0.3, -0.25) is 5.10 Å². The molecule has 4 bridgehead atoms. The number of hydrogen-bond donors (Lipinski definition) is 3. The van der Waals surface area contributed by atoms with Gasteiger partial charge in [0.2, 0.25) is 5.95 Å². The van der Waals surface area contributed by atoms with Crippen molar-refractivity contribution in [3.63, 3.8) is 0 Å². The Morgan fingerprint density at radius 3 is 2.11 bits per heavy atom. The molecule has 1 aromatic rings. The van der Waals surface area contributed by atoms with Gasteiger partial charge in [-0.2, -0.15) is 4.98 Å². The number of hydrogen-bond acceptors (Lipinski definition) is 4. The van der Waals surface area contributed by atoms with Gasteiger partial charge in [0.05, 0.1) is 5.54 Å². The second-order valence-electron chi connectivity index (χ2n) is 7.44. The SMILES string of the molecule is CC(N)(c1nc(N)n[nH]1)C12CC3CC(CC(C3)C1)C2. The zero-order valence-electron chi connectivity index (χ0n) is 11.5. The summed E-state index contributed by atoms with van der Waals surface area (Å²) < 4.78 is 0. The molecule has 19 heavy (non-hydrogen) atoms. The lowest BCUT2D eigenvalue weighted by Crippen LogP contribution is -2.59. The first-order chi connectivity index (χ1) is 8.98. The fourth-order valence-electron chi connectivity index (χ4n) is 5.50. The van der Waals surface area contributed by atoms with Crippen LogP contribution in [0.5, 0.6) is 0 Å². The van der Waals surface area contributed by atoms with Gasteiger partial charge in [0.15, 0.2) is 0 Å². The predicted octanol–water partition coefficient (Wildman–Crippen LogP) is 1.78. The molecule has 5 nitrogen and oxygen atoms in total. The van der Waals surface area contributed by atoms with Crippen LogP contribution in [-0.2, 0) is 5.54 Å². The molecule has 5 heteroatoms. The highest BCUT2D eigenvalue weighted by molar-refractivity contribution is 5.22. The summed E-state index contributed by atoms with van der Waals surface area (Å²) in [6, 6.07) is 0. The first-order valence-corrected chi connectivity index (χ1v) is 7.46. The first kappa shape index (κ1) is 11.7. The molecule has 0 saturated heterocycles. The maximum absolute atomic E-state index is 6.76. The number of nitrogens with zero attached hydrogens (tertiary/aromatic N) is 2. The molecule has 0 amide bonds. The predicted molar refractivity (Wildman–Crippen MR) is 72.9 cm³/mol. The number of H-pyrrole nitrogens is 1. The topological polar surface area (TPSA) is 93.6 Å². The summed E-state index contributed by atoms with van der Waals surface area (Å²) in [4.78, 5) is 4.33. The number of aromatic nitrogens is 3. The number of aromatic amines is 1. The van der Waals surface area contributed by atoms with Crippen LogP contribution < -0.4 is 11.5 Å². The Morgan fingerprint density at radius 2 is 1.68 bits per heavy atom. The third-order valence-electron chi connectivity index (χ3n) is 6.13. The Labute approximate surface area is 113 Å². The van der Waals surface area contributed by atoms with Gasteiger partial charge in [-0.05, 0) is 68.6 Å². The van der Waals surface area contributed by atoms with Crippen LogP contribution in [0.4, 0.5) is 5.95 Å². The van der Waals surface area contributed by atoms with E-state index in [-0.39, 0.29) is 5.41 Å². The van der Waals surface area contributed by atoms with E-state index >= 15 is 0 Å². The lowest BCUT2D eigenvalue weighted by atomic mass is 9.45. The highest BCUT2D eigenvalue weighted by Gasteiger charge is 2.59. The monoisotopic (exact) mass is 261 g/mol. The van der Waals surface area contributed by atoms with Crippen LogP contribution >= 0.6 is 0 Å². The third kappa shape index (κ3) is 1.51. The quantitative estimate of drug-likeness (QED) is 0.756. The summed E-state index contributed by atoms with van der Waals surface area (Å²) in [6.07, 6.45) is 8.04. The summed E-state index contributed by atoms with van der Waals surface area (Å²) in [5.74, 6) is 3.72. The lowest BCUT2D eigenvalue weighted by molar-refractivity contribution is -0.0974. The maximum Gasteiger partial charge on any atom is 0.239 e. The van der Waals surface area contributed by atoms with E-state index in [4.69, 9.17) is 11.5 Å². The van der Waals surface area contributed by atoms with Crippen molar-refractivity contribution in [1.82, 2.24) is 15.2 Å². The molecular formula is C14H23N5. The molecule has 1 aromatic heterocycles. The van der Waals surface area contributed by atoms with Gasteiger partial charge in [0, 0.05) is 0 Å². The van der Waals surface area contributed by atoms with Gasteiger partial charge >= 0.3 is 0 Å². The van der Waals surface area contributed by atoms with Crippen molar-refractivity contribution in [3.05, 3.63) is 5.82 Å². The van der Waals surface area contributed by atoms with Crippen molar-refractivity contribution in [2.24, 2.45) is 28.9 Å². The number of nitrogens with one attached hydrogen (secondary N) is 1. The van der Waals surface area contributed by atoms with Crippen molar-refractivity contribution in [3.8, 4) is 0 Å². The summed E-state index contributed by atoms with van der Waals surface area (Å²) in [5, 5.41) is 6.93. The second-order valence-corrected chi connectivity index (χ2v) is 7.44. The third-order valence-corrected chi connectivity index (χ3v) is 6.13. The molecule has 0 aliphatic heterocycles. The smallest absolute Gasteiger partial charge is 0.239 e. The van der Waals surface area contributed by atoms with Gasteiger partial charge in [0.25, 0.3) is 0 Å². The largest absolute Gasteiger partial charge is 0.367 e. The van der Waals surface area contributed by atoms with E-state index in [9.17, 15) is 0 Å². The minimum absolute atomic E-state index is 0.202. The van der Waals surface area contributed by atoms with Crippen LogP contribution in [0.15, 0.2) is 0 Å². The highest BCUT2D eigenvalue weighted by Crippen LogP contribution is 2.64. The summed E-state index contributed by atoms with van der Waals surface area (Å²) >= 11 is 0. The number of nitrogens with two attached hydrogens (primary N) is 2. The number of nitrogen functional groups attached to an aromatic ring is 1.